The first kappa shape index (κ1) is 25.5. The van der Waals surface area contributed by atoms with Gasteiger partial charge in [0.1, 0.15) is 12.4 Å². The molecule has 0 atom stereocenters. The molecule has 0 bridgehead atoms. The summed E-state index contributed by atoms with van der Waals surface area (Å²) in [6, 6.07) is 21.6. The molecule has 1 N–H and O–H groups in total. The highest BCUT2D eigenvalue weighted by molar-refractivity contribution is 5.98. The van der Waals surface area contributed by atoms with E-state index >= 15 is 0 Å². The lowest BCUT2D eigenvalue weighted by atomic mass is 10.0. The molecular weight excluding hydrogens is 452 g/mol. The molecule has 1 amide bonds. The van der Waals surface area contributed by atoms with Gasteiger partial charge in [0.05, 0.1) is 18.2 Å². The summed E-state index contributed by atoms with van der Waals surface area (Å²) in [5, 5.41) is 5.31. The van der Waals surface area contributed by atoms with E-state index in [2.05, 4.69) is 24.1 Å². The summed E-state index contributed by atoms with van der Waals surface area (Å²) in [6.07, 6.45) is 3.68. The minimum Gasteiger partial charge on any atom is -0.488 e. The van der Waals surface area contributed by atoms with Crippen molar-refractivity contribution in [3.05, 3.63) is 83.4 Å². The van der Waals surface area contributed by atoms with Gasteiger partial charge in [-0.05, 0) is 61.9 Å². The molecule has 1 aliphatic rings. The number of hydrogen-bond donors (Lipinski definition) is 1. The molecule has 0 spiro atoms. The van der Waals surface area contributed by atoms with Gasteiger partial charge in [0.15, 0.2) is 0 Å². The van der Waals surface area contributed by atoms with Crippen LogP contribution in [0.4, 0.5) is 0 Å². The molecule has 0 saturated carbocycles. The molecule has 36 heavy (non-hydrogen) atoms. The van der Waals surface area contributed by atoms with E-state index in [-0.39, 0.29) is 18.6 Å². The van der Waals surface area contributed by atoms with E-state index in [9.17, 15) is 9.59 Å². The molecule has 6 nitrogen and oxygen atoms in total. The highest BCUT2D eigenvalue weighted by Gasteiger charge is 2.23. The normalized spacial score (nSPS) is 15.2. The van der Waals surface area contributed by atoms with Crippen molar-refractivity contribution in [3.63, 3.8) is 0 Å². The van der Waals surface area contributed by atoms with Crippen molar-refractivity contribution in [2.24, 2.45) is 0 Å². The maximum atomic E-state index is 13.4. The van der Waals surface area contributed by atoms with Crippen LogP contribution in [0, 0.1) is 0 Å². The molecule has 1 saturated heterocycles. The molecule has 3 aromatic carbocycles. The highest BCUT2D eigenvalue weighted by Crippen LogP contribution is 2.26. The molecule has 4 rings (SSSR count). The first-order chi connectivity index (χ1) is 17.4. The van der Waals surface area contributed by atoms with E-state index in [0.717, 1.165) is 48.0 Å². The SMILES string of the molecule is COC(=O)c1ccc(/C=C(\COc2cccc3ccccc23)C(=O)NC2CCN(C(C)C)CC2)cc1. The predicted molar refractivity (Wildman–Crippen MR) is 143 cm³/mol. The van der Waals surface area contributed by atoms with Crippen molar-refractivity contribution < 1.29 is 19.1 Å². The molecular formula is C30H34N2O4. The second-order valence-corrected chi connectivity index (χ2v) is 9.43. The smallest absolute Gasteiger partial charge is 0.337 e. The van der Waals surface area contributed by atoms with Crippen LogP contribution in [0.3, 0.4) is 0 Å². The number of carbonyl (C=O) groups is 2. The Hall–Kier alpha value is -3.64. The maximum absolute atomic E-state index is 13.4. The zero-order chi connectivity index (χ0) is 25.5. The van der Waals surface area contributed by atoms with Gasteiger partial charge in [0.2, 0.25) is 0 Å². The fourth-order valence-electron chi connectivity index (χ4n) is 4.52. The Labute approximate surface area is 212 Å². The lowest BCUT2D eigenvalue weighted by Gasteiger charge is -2.35. The molecule has 0 aliphatic carbocycles. The quantitative estimate of drug-likeness (QED) is 0.355. The predicted octanol–water partition coefficient (Wildman–Crippen LogP) is 5.08. The van der Waals surface area contributed by atoms with E-state index in [1.807, 2.05) is 48.5 Å². The van der Waals surface area contributed by atoms with Gasteiger partial charge < -0.3 is 19.7 Å². The van der Waals surface area contributed by atoms with Crippen LogP contribution in [0.25, 0.3) is 16.8 Å². The second kappa shape index (κ2) is 11.9. The Kier molecular flexibility index (Phi) is 8.39. The number of piperidine rings is 1. The van der Waals surface area contributed by atoms with Crippen LogP contribution in [0.2, 0.25) is 0 Å². The molecule has 6 heteroatoms. The van der Waals surface area contributed by atoms with Crippen LogP contribution in [-0.4, -0.2) is 55.7 Å². The number of methoxy groups -OCH3 is 1. The fraction of sp³-hybridized carbons (Fsp3) is 0.333. The standard InChI is InChI=1S/C30H34N2O4/c1-21(2)32-17-15-26(16-18-32)31-29(33)25(19-22-11-13-24(14-12-22)30(34)35-3)20-36-28-10-6-8-23-7-4-5-9-27(23)28/h4-14,19,21,26H,15-18,20H2,1-3H3,(H,31,33)/b25-19+. The van der Waals surface area contributed by atoms with Crippen molar-refractivity contribution in [2.75, 3.05) is 26.8 Å². The number of likely N-dealkylation sites (tertiary alicyclic amines) is 1. The van der Waals surface area contributed by atoms with Crippen molar-refractivity contribution in [2.45, 2.75) is 38.8 Å². The average Bonchev–Trinajstić information content (AvgIpc) is 2.91. The maximum Gasteiger partial charge on any atom is 0.337 e. The van der Waals surface area contributed by atoms with Crippen LogP contribution >= 0.6 is 0 Å². The Morgan fingerprint density at radius 2 is 1.69 bits per heavy atom. The number of ether oxygens (including phenoxy) is 2. The van der Waals surface area contributed by atoms with Crippen LogP contribution in [0.5, 0.6) is 5.75 Å². The number of rotatable bonds is 8. The van der Waals surface area contributed by atoms with Crippen molar-refractivity contribution >= 4 is 28.7 Å². The van der Waals surface area contributed by atoms with Crippen molar-refractivity contribution in [1.29, 1.82) is 0 Å². The Morgan fingerprint density at radius 1 is 1.00 bits per heavy atom. The molecule has 0 radical (unpaired) electrons. The van der Waals surface area contributed by atoms with Gasteiger partial charge >= 0.3 is 5.97 Å². The third kappa shape index (κ3) is 6.32. The highest BCUT2D eigenvalue weighted by atomic mass is 16.5. The summed E-state index contributed by atoms with van der Waals surface area (Å²) >= 11 is 0. The van der Waals surface area contributed by atoms with E-state index in [4.69, 9.17) is 9.47 Å². The summed E-state index contributed by atoms with van der Waals surface area (Å²) in [4.78, 5) is 27.6. The Bertz CT molecular complexity index is 1220. The second-order valence-electron chi connectivity index (χ2n) is 9.43. The lowest BCUT2D eigenvalue weighted by Crippen LogP contribution is -2.47. The molecule has 0 unspecified atom stereocenters. The number of esters is 1. The van der Waals surface area contributed by atoms with Gasteiger partial charge in [0, 0.05) is 30.6 Å². The monoisotopic (exact) mass is 486 g/mol. The summed E-state index contributed by atoms with van der Waals surface area (Å²) in [5.74, 6) is 0.212. The van der Waals surface area contributed by atoms with Crippen molar-refractivity contribution in [1.82, 2.24) is 10.2 Å². The number of amides is 1. The Balaban J connectivity index is 1.53. The van der Waals surface area contributed by atoms with Gasteiger partial charge in [0.25, 0.3) is 5.91 Å². The van der Waals surface area contributed by atoms with E-state index in [1.54, 1.807) is 24.3 Å². The van der Waals surface area contributed by atoms with Crippen molar-refractivity contribution in [3.8, 4) is 5.75 Å². The Morgan fingerprint density at radius 3 is 2.39 bits per heavy atom. The number of nitrogens with one attached hydrogen (secondary N) is 1. The summed E-state index contributed by atoms with van der Waals surface area (Å²) < 4.78 is 11.0. The first-order valence-corrected chi connectivity index (χ1v) is 12.5. The molecule has 0 aromatic heterocycles. The van der Waals surface area contributed by atoms with Gasteiger partial charge in [-0.3, -0.25) is 4.79 Å². The number of benzene rings is 3. The lowest BCUT2D eigenvalue weighted by molar-refractivity contribution is -0.118. The minimum atomic E-state index is -0.393. The molecule has 3 aromatic rings. The largest absolute Gasteiger partial charge is 0.488 e. The zero-order valence-electron chi connectivity index (χ0n) is 21.2. The van der Waals surface area contributed by atoms with E-state index in [1.165, 1.54) is 7.11 Å². The van der Waals surface area contributed by atoms with Crippen LogP contribution < -0.4 is 10.1 Å². The van der Waals surface area contributed by atoms with Gasteiger partial charge in [-0.2, -0.15) is 0 Å². The topological polar surface area (TPSA) is 67.9 Å². The number of hydrogen-bond acceptors (Lipinski definition) is 5. The van der Waals surface area contributed by atoms with Gasteiger partial charge in [-0.25, -0.2) is 4.79 Å². The first-order valence-electron chi connectivity index (χ1n) is 12.5. The summed E-state index contributed by atoms with van der Waals surface area (Å²) in [6.45, 7) is 6.49. The number of nitrogens with zero attached hydrogens (tertiary/aromatic N) is 1. The molecule has 1 fully saturated rings. The van der Waals surface area contributed by atoms with Gasteiger partial charge in [-0.1, -0.05) is 48.5 Å². The zero-order valence-corrected chi connectivity index (χ0v) is 21.2. The van der Waals surface area contributed by atoms with Crippen LogP contribution in [-0.2, 0) is 9.53 Å². The number of carbonyl (C=O) groups excluding carboxylic acids is 2. The molecule has 188 valence electrons. The third-order valence-corrected chi connectivity index (χ3v) is 6.69. The van der Waals surface area contributed by atoms with Gasteiger partial charge in [-0.15, -0.1) is 0 Å². The number of fused-ring (bicyclic) bond motifs is 1. The van der Waals surface area contributed by atoms with Crippen LogP contribution in [0.15, 0.2) is 72.3 Å². The molecule has 1 heterocycles. The molecule has 1 aliphatic heterocycles. The van der Waals surface area contributed by atoms with E-state index < -0.39 is 5.97 Å². The average molecular weight is 487 g/mol. The van der Waals surface area contributed by atoms with Crippen LogP contribution in [0.1, 0.15) is 42.6 Å². The summed E-state index contributed by atoms with van der Waals surface area (Å²) in [5.41, 5.74) is 1.80. The van der Waals surface area contributed by atoms with E-state index in [0.29, 0.717) is 17.2 Å². The third-order valence-electron chi connectivity index (χ3n) is 6.69. The summed E-state index contributed by atoms with van der Waals surface area (Å²) in [7, 11) is 1.36. The minimum absolute atomic E-state index is 0.128. The fourth-order valence-corrected chi connectivity index (χ4v) is 4.52.